The average Bonchev–Trinajstić information content (AvgIpc) is 2.78. The highest BCUT2D eigenvalue weighted by Crippen LogP contribution is 2.33. The van der Waals surface area contributed by atoms with Crippen molar-refractivity contribution in [3.8, 4) is 22.8 Å². The summed E-state index contributed by atoms with van der Waals surface area (Å²) in [5.74, 6) is -0.643. The van der Waals surface area contributed by atoms with Crippen molar-refractivity contribution >= 4 is 27.5 Å². The Labute approximate surface area is 226 Å². The molecule has 0 saturated heterocycles. The molecule has 39 heavy (non-hydrogen) atoms. The second-order valence-electron chi connectivity index (χ2n) is 10.3. The number of nitrogens with zero attached hydrogens (tertiary/aromatic N) is 3. The van der Waals surface area contributed by atoms with Gasteiger partial charge in [0.25, 0.3) is 0 Å². The third-order valence-corrected chi connectivity index (χ3v) is 6.78. The molecule has 1 amide bonds. The summed E-state index contributed by atoms with van der Waals surface area (Å²) in [7, 11) is -3.01. The van der Waals surface area contributed by atoms with Crippen molar-refractivity contribution in [2.45, 2.75) is 51.6 Å². The van der Waals surface area contributed by atoms with E-state index >= 15 is 0 Å². The molecule has 3 aromatic rings. The molecule has 2 atom stereocenters. The largest absolute Gasteiger partial charge is 0.493 e. The molecule has 4 bridgehead atoms. The number of aromatic nitrogens is 2. The van der Waals surface area contributed by atoms with Crippen molar-refractivity contribution in [1.29, 1.82) is 0 Å². The highest BCUT2D eigenvalue weighted by atomic mass is 32.2. The molecule has 0 saturated carbocycles. The van der Waals surface area contributed by atoms with E-state index in [1.807, 2.05) is 6.92 Å². The molecule has 208 valence electrons. The first-order valence-electron chi connectivity index (χ1n) is 12.2. The standard InChI is InChI=1S/C27H30F2N4O5S/c1-16-8-9-36-23-12-18(28)6-7-21(23)24-22(29)14-30-25(32-24)31-19-10-17(11-20(13-19)37-16)15-39(5,35)33-26(34)38-27(2,3)4/h6-7,10-14,16H,8-9,15H2,1-5H3,(H,30,31,32). The summed E-state index contributed by atoms with van der Waals surface area (Å²) in [6.45, 7) is 7.10. The zero-order valence-electron chi connectivity index (χ0n) is 22.3. The summed E-state index contributed by atoms with van der Waals surface area (Å²) in [5, 5.41) is 3.02. The number of benzene rings is 2. The van der Waals surface area contributed by atoms with Gasteiger partial charge in [-0.2, -0.15) is 0 Å². The zero-order valence-corrected chi connectivity index (χ0v) is 23.1. The van der Waals surface area contributed by atoms with Crippen LogP contribution < -0.4 is 14.8 Å². The lowest BCUT2D eigenvalue weighted by Crippen LogP contribution is -2.22. The number of amides is 1. The van der Waals surface area contributed by atoms with Crippen LogP contribution in [0, 0.1) is 11.6 Å². The molecule has 0 aliphatic carbocycles. The molecular formula is C27H30F2N4O5S. The molecule has 1 N–H and O–H groups in total. The number of nitrogens with one attached hydrogen (secondary N) is 1. The Balaban J connectivity index is 1.73. The number of carbonyl (C=O) groups excluding carboxylic acids is 1. The van der Waals surface area contributed by atoms with Gasteiger partial charge < -0.3 is 19.5 Å². The second-order valence-corrected chi connectivity index (χ2v) is 12.7. The third kappa shape index (κ3) is 7.85. The minimum atomic E-state index is -3.01. The topological polar surface area (TPSA) is 112 Å². The highest BCUT2D eigenvalue weighted by molar-refractivity contribution is 7.92. The average molecular weight is 561 g/mol. The van der Waals surface area contributed by atoms with Crippen LogP contribution in [0.1, 0.15) is 39.7 Å². The fourth-order valence-corrected chi connectivity index (χ4v) is 5.05. The molecule has 2 heterocycles. The highest BCUT2D eigenvalue weighted by Gasteiger charge is 2.20. The molecule has 1 aliphatic heterocycles. The number of fused-ring (bicyclic) bond motifs is 6. The minimum absolute atomic E-state index is 0.0607. The van der Waals surface area contributed by atoms with Crippen LogP contribution >= 0.6 is 0 Å². The predicted molar refractivity (Wildman–Crippen MR) is 144 cm³/mol. The van der Waals surface area contributed by atoms with Crippen LogP contribution in [0.25, 0.3) is 11.3 Å². The lowest BCUT2D eigenvalue weighted by atomic mass is 10.1. The molecule has 12 heteroatoms. The number of halogens is 2. The fourth-order valence-electron chi connectivity index (χ4n) is 3.85. The zero-order chi connectivity index (χ0) is 28.4. The van der Waals surface area contributed by atoms with Gasteiger partial charge in [-0.15, -0.1) is 4.36 Å². The van der Waals surface area contributed by atoms with Crippen molar-refractivity contribution in [2.75, 3.05) is 18.2 Å². The number of hydrogen-bond donors (Lipinski definition) is 1. The van der Waals surface area contributed by atoms with Gasteiger partial charge in [-0.1, -0.05) is 0 Å². The van der Waals surface area contributed by atoms with Crippen molar-refractivity contribution in [2.24, 2.45) is 4.36 Å². The molecule has 9 nitrogen and oxygen atoms in total. The second kappa shape index (κ2) is 11.1. The van der Waals surface area contributed by atoms with E-state index in [1.165, 1.54) is 24.5 Å². The van der Waals surface area contributed by atoms with E-state index in [-0.39, 0.29) is 41.4 Å². The van der Waals surface area contributed by atoms with Crippen LogP contribution in [0.2, 0.25) is 0 Å². The minimum Gasteiger partial charge on any atom is -0.493 e. The van der Waals surface area contributed by atoms with E-state index in [1.54, 1.807) is 39.0 Å². The molecule has 2 aromatic carbocycles. The smallest absolute Gasteiger partial charge is 0.442 e. The molecule has 1 aromatic heterocycles. The first-order valence-corrected chi connectivity index (χ1v) is 14.3. The van der Waals surface area contributed by atoms with Crippen molar-refractivity contribution in [3.63, 3.8) is 0 Å². The van der Waals surface area contributed by atoms with Crippen molar-refractivity contribution < 1.29 is 32.0 Å². The van der Waals surface area contributed by atoms with Gasteiger partial charge in [0.1, 0.15) is 28.6 Å². The van der Waals surface area contributed by atoms with Crippen LogP contribution in [0.3, 0.4) is 0 Å². The quantitative estimate of drug-likeness (QED) is 0.392. The summed E-state index contributed by atoms with van der Waals surface area (Å²) < 4.78 is 62.8. The Morgan fingerprint density at radius 3 is 2.74 bits per heavy atom. The summed E-state index contributed by atoms with van der Waals surface area (Å²) in [6.07, 6.45) is 1.58. The van der Waals surface area contributed by atoms with Crippen LogP contribution in [0.5, 0.6) is 11.5 Å². The maximum atomic E-state index is 14.8. The van der Waals surface area contributed by atoms with Gasteiger partial charge in [-0.05, 0) is 57.5 Å². The van der Waals surface area contributed by atoms with Crippen molar-refractivity contribution in [3.05, 3.63) is 59.8 Å². The first-order chi connectivity index (χ1) is 18.3. The Kier molecular flexibility index (Phi) is 8.05. The third-order valence-electron chi connectivity index (χ3n) is 5.38. The van der Waals surface area contributed by atoms with Gasteiger partial charge in [0.05, 0.1) is 34.4 Å². The normalized spacial score (nSPS) is 16.7. The Morgan fingerprint density at radius 1 is 1.23 bits per heavy atom. The van der Waals surface area contributed by atoms with Gasteiger partial charge in [0, 0.05) is 36.1 Å². The van der Waals surface area contributed by atoms with Crippen LogP contribution in [0.4, 0.5) is 25.2 Å². The van der Waals surface area contributed by atoms with Crippen molar-refractivity contribution in [1.82, 2.24) is 9.97 Å². The van der Waals surface area contributed by atoms with E-state index in [4.69, 9.17) is 14.2 Å². The number of anilines is 2. The fraction of sp³-hybridized carbons (Fsp3) is 0.370. The number of hydrogen-bond acceptors (Lipinski definition) is 8. The molecule has 0 spiro atoms. The molecule has 0 radical (unpaired) electrons. The monoisotopic (exact) mass is 560 g/mol. The Hall–Kier alpha value is -3.80. The molecular weight excluding hydrogens is 530 g/mol. The number of rotatable bonds is 2. The van der Waals surface area contributed by atoms with Gasteiger partial charge in [-0.3, -0.25) is 0 Å². The first kappa shape index (κ1) is 28.2. The van der Waals surface area contributed by atoms with E-state index in [2.05, 4.69) is 19.6 Å². The van der Waals surface area contributed by atoms with Crippen LogP contribution in [-0.2, 0) is 20.2 Å². The summed E-state index contributed by atoms with van der Waals surface area (Å²) in [4.78, 5) is 20.5. The maximum Gasteiger partial charge on any atom is 0.442 e. The van der Waals surface area contributed by atoms with Crippen LogP contribution in [-0.4, -0.2) is 44.8 Å². The van der Waals surface area contributed by atoms with Gasteiger partial charge in [0.15, 0.2) is 5.82 Å². The Morgan fingerprint density at radius 2 is 2.00 bits per heavy atom. The molecule has 4 rings (SSSR count). The van der Waals surface area contributed by atoms with E-state index in [0.717, 1.165) is 6.20 Å². The summed E-state index contributed by atoms with van der Waals surface area (Å²) in [6, 6.07) is 8.87. The molecule has 0 fully saturated rings. The molecule has 2 unspecified atom stereocenters. The van der Waals surface area contributed by atoms with Gasteiger partial charge >= 0.3 is 6.09 Å². The number of ether oxygens (including phenoxy) is 3. The molecule has 1 aliphatic rings. The SMILES string of the molecule is CC1CCOc2cc(F)ccc2-c2nc(ncc2F)Nc2cc(CS(C)(=O)=NC(=O)OC(C)(C)C)cc(c2)O1. The van der Waals surface area contributed by atoms with Gasteiger partial charge in [-0.25, -0.2) is 27.8 Å². The Bertz CT molecular complexity index is 1520. The number of carbonyl (C=O) groups is 1. The predicted octanol–water partition coefficient (Wildman–Crippen LogP) is 6.25. The summed E-state index contributed by atoms with van der Waals surface area (Å²) >= 11 is 0. The van der Waals surface area contributed by atoms with Gasteiger partial charge in [0.2, 0.25) is 5.95 Å². The maximum absolute atomic E-state index is 14.8. The lowest BCUT2D eigenvalue weighted by molar-refractivity contribution is 0.0607. The van der Waals surface area contributed by atoms with E-state index < -0.39 is 33.1 Å². The van der Waals surface area contributed by atoms with E-state index in [0.29, 0.717) is 23.4 Å². The lowest BCUT2D eigenvalue weighted by Gasteiger charge is -2.19. The van der Waals surface area contributed by atoms with Crippen LogP contribution in [0.15, 0.2) is 47.0 Å². The summed E-state index contributed by atoms with van der Waals surface area (Å²) in [5.41, 5.74) is 0.481. The van der Waals surface area contributed by atoms with E-state index in [9.17, 15) is 17.8 Å².